The van der Waals surface area contributed by atoms with Gasteiger partial charge in [0.15, 0.2) is 0 Å². The summed E-state index contributed by atoms with van der Waals surface area (Å²) in [5.74, 6) is 0. The lowest BCUT2D eigenvalue weighted by molar-refractivity contribution is -0.138. The van der Waals surface area contributed by atoms with Crippen molar-refractivity contribution >= 4 is 0 Å². The molecular formula is C15H23N3O. The van der Waals surface area contributed by atoms with E-state index in [4.69, 9.17) is 4.74 Å². The number of hydrogen-bond donors (Lipinski definition) is 0. The maximum absolute atomic E-state index is 6.14. The topological polar surface area (TPSA) is 28.6 Å². The van der Waals surface area contributed by atoms with Crippen LogP contribution in [-0.2, 0) is 11.3 Å². The number of likely N-dealkylation sites (N-methyl/N-ethyl adjacent to an activating group) is 1. The first-order valence-electron chi connectivity index (χ1n) is 7.21. The van der Waals surface area contributed by atoms with E-state index >= 15 is 0 Å². The third-order valence-corrected chi connectivity index (χ3v) is 4.17. The van der Waals surface area contributed by atoms with Crippen molar-refractivity contribution in [2.24, 2.45) is 0 Å². The van der Waals surface area contributed by atoms with Crippen molar-refractivity contribution < 1.29 is 4.74 Å². The van der Waals surface area contributed by atoms with Gasteiger partial charge in [0.05, 0.1) is 17.9 Å². The zero-order valence-electron chi connectivity index (χ0n) is 11.7. The fourth-order valence-electron chi connectivity index (χ4n) is 3.35. The molecule has 1 unspecified atom stereocenters. The maximum atomic E-state index is 6.14. The minimum absolute atomic E-state index is 0.0556. The van der Waals surface area contributed by atoms with Gasteiger partial charge < -0.3 is 9.64 Å². The summed E-state index contributed by atoms with van der Waals surface area (Å²) in [5, 5.41) is 0. The summed E-state index contributed by atoms with van der Waals surface area (Å²) in [6, 6.07) is 6.14. The van der Waals surface area contributed by atoms with Crippen LogP contribution in [0.15, 0.2) is 24.4 Å². The Morgan fingerprint density at radius 1 is 1.32 bits per heavy atom. The van der Waals surface area contributed by atoms with Gasteiger partial charge in [0, 0.05) is 32.4 Å². The molecule has 2 saturated heterocycles. The van der Waals surface area contributed by atoms with Gasteiger partial charge in [-0.15, -0.1) is 0 Å². The average molecular weight is 261 g/mol. The Morgan fingerprint density at radius 3 is 3.05 bits per heavy atom. The molecule has 2 aliphatic heterocycles. The van der Waals surface area contributed by atoms with Gasteiger partial charge >= 0.3 is 0 Å². The molecule has 2 aliphatic rings. The lowest BCUT2D eigenvalue weighted by Crippen LogP contribution is -2.58. The molecule has 0 saturated carbocycles. The minimum atomic E-state index is 0.0556. The van der Waals surface area contributed by atoms with Crippen molar-refractivity contribution in [1.29, 1.82) is 0 Å². The van der Waals surface area contributed by atoms with Gasteiger partial charge in [-0.25, -0.2) is 0 Å². The third kappa shape index (κ3) is 3.14. The molecule has 19 heavy (non-hydrogen) atoms. The second-order valence-electron chi connectivity index (χ2n) is 5.90. The smallest absolute Gasteiger partial charge is 0.0935 e. The predicted molar refractivity (Wildman–Crippen MR) is 74.9 cm³/mol. The Hall–Kier alpha value is -0.970. The zero-order chi connectivity index (χ0) is 13.1. The summed E-state index contributed by atoms with van der Waals surface area (Å²) in [6.45, 7) is 6.10. The van der Waals surface area contributed by atoms with Gasteiger partial charge in [0.2, 0.25) is 0 Å². The summed E-state index contributed by atoms with van der Waals surface area (Å²) in [5.41, 5.74) is 1.21. The average Bonchev–Trinajstić information content (AvgIpc) is 2.39. The van der Waals surface area contributed by atoms with Crippen molar-refractivity contribution in [1.82, 2.24) is 14.8 Å². The monoisotopic (exact) mass is 261 g/mol. The molecule has 1 spiro atoms. The van der Waals surface area contributed by atoms with E-state index in [0.717, 1.165) is 38.5 Å². The molecule has 1 aromatic rings. The normalized spacial score (nSPS) is 29.7. The number of morpholine rings is 1. The van der Waals surface area contributed by atoms with Gasteiger partial charge in [-0.1, -0.05) is 6.07 Å². The predicted octanol–water partition coefficient (Wildman–Crippen LogP) is 1.38. The van der Waals surface area contributed by atoms with Gasteiger partial charge in [0.25, 0.3) is 0 Å². The van der Waals surface area contributed by atoms with Crippen molar-refractivity contribution in [2.45, 2.75) is 25.0 Å². The van der Waals surface area contributed by atoms with E-state index in [1.165, 1.54) is 19.4 Å². The Balaban J connectivity index is 1.64. The van der Waals surface area contributed by atoms with Crippen LogP contribution in [-0.4, -0.2) is 60.2 Å². The highest BCUT2D eigenvalue weighted by molar-refractivity contribution is 5.04. The minimum Gasteiger partial charge on any atom is -0.371 e. The second kappa shape index (κ2) is 5.57. The maximum Gasteiger partial charge on any atom is 0.0935 e. The summed E-state index contributed by atoms with van der Waals surface area (Å²) < 4.78 is 6.14. The highest BCUT2D eigenvalue weighted by Gasteiger charge is 2.39. The van der Waals surface area contributed by atoms with Crippen molar-refractivity contribution in [3.8, 4) is 0 Å². The highest BCUT2D eigenvalue weighted by Crippen LogP contribution is 2.28. The first-order valence-corrected chi connectivity index (χ1v) is 7.21. The number of ether oxygens (including phenoxy) is 1. The molecular weight excluding hydrogens is 238 g/mol. The van der Waals surface area contributed by atoms with Crippen molar-refractivity contribution in [3.05, 3.63) is 30.1 Å². The van der Waals surface area contributed by atoms with Crippen LogP contribution >= 0.6 is 0 Å². The molecule has 1 aromatic heterocycles. The zero-order valence-corrected chi connectivity index (χ0v) is 11.7. The van der Waals surface area contributed by atoms with Crippen LogP contribution in [0, 0.1) is 0 Å². The summed E-state index contributed by atoms with van der Waals surface area (Å²) in [6.07, 6.45) is 4.31. The van der Waals surface area contributed by atoms with Crippen molar-refractivity contribution in [2.75, 3.05) is 39.8 Å². The Morgan fingerprint density at radius 2 is 2.26 bits per heavy atom. The largest absolute Gasteiger partial charge is 0.371 e. The lowest BCUT2D eigenvalue weighted by Gasteiger charge is -2.47. The number of hydrogen-bond acceptors (Lipinski definition) is 4. The van der Waals surface area contributed by atoms with Crippen LogP contribution in [0.4, 0.5) is 0 Å². The Labute approximate surface area is 115 Å². The lowest BCUT2D eigenvalue weighted by atomic mass is 9.91. The van der Waals surface area contributed by atoms with Gasteiger partial charge in [0.1, 0.15) is 0 Å². The van der Waals surface area contributed by atoms with E-state index in [0.29, 0.717) is 0 Å². The van der Waals surface area contributed by atoms with E-state index < -0.39 is 0 Å². The number of rotatable bonds is 2. The molecule has 0 bridgehead atoms. The summed E-state index contributed by atoms with van der Waals surface area (Å²) in [4.78, 5) is 9.32. The fourth-order valence-corrected chi connectivity index (χ4v) is 3.35. The second-order valence-corrected chi connectivity index (χ2v) is 5.90. The number of pyridine rings is 1. The van der Waals surface area contributed by atoms with E-state index in [1.807, 2.05) is 12.3 Å². The van der Waals surface area contributed by atoms with Crippen LogP contribution in [0.1, 0.15) is 18.5 Å². The number of piperidine rings is 1. The first kappa shape index (κ1) is 13.0. The van der Waals surface area contributed by atoms with E-state index in [2.05, 4.69) is 34.0 Å². The molecule has 4 heteroatoms. The quantitative estimate of drug-likeness (QED) is 0.804. The molecule has 0 N–H and O–H groups in total. The van der Waals surface area contributed by atoms with Crippen LogP contribution in [0.25, 0.3) is 0 Å². The van der Waals surface area contributed by atoms with Crippen LogP contribution in [0.3, 0.4) is 0 Å². The molecule has 104 valence electrons. The SMILES string of the molecule is CN1CCCC2(C1)CN(Cc1ccccn1)CCO2. The van der Waals surface area contributed by atoms with E-state index in [9.17, 15) is 0 Å². The molecule has 4 nitrogen and oxygen atoms in total. The third-order valence-electron chi connectivity index (χ3n) is 4.17. The van der Waals surface area contributed by atoms with Crippen molar-refractivity contribution in [3.63, 3.8) is 0 Å². The molecule has 0 aromatic carbocycles. The fraction of sp³-hybridized carbons (Fsp3) is 0.667. The first-order chi connectivity index (χ1) is 9.26. The van der Waals surface area contributed by atoms with Gasteiger partial charge in [-0.3, -0.25) is 9.88 Å². The molecule has 3 heterocycles. The van der Waals surface area contributed by atoms with E-state index in [1.54, 1.807) is 0 Å². The summed E-state index contributed by atoms with van der Waals surface area (Å²) in [7, 11) is 2.20. The molecule has 3 rings (SSSR count). The van der Waals surface area contributed by atoms with Crippen LogP contribution in [0.2, 0.25) is 0 Å². The standard InChI is InChI=1S/C15H23N3O/c1-17-8-4-6-15(12-17)13-18(9-10-19-15)11-14-5-2-3-7-16-14/h2-3,5,7H,4,6,8-13H2,1H3. The molecule has 1 atom stereocenters. The Bertz CT molecular complexity index is 407. The molecule has 0 amide bonds. The Kier molecular flexibility index (Phi) is 3.82. The molecule has 0 radical (unpaired) electrons. The van der Waals surface area contributed by atoms with Crippen LogP contribution in [0.5, 0.6) is 0 Å². The van der Waals surface area contributed by atoms with Gasteiger partial charge in [-0.2, -0.15) is 0 Å². The van der Waals surface area contributed by atoms with E-state index in [-0.39, 0.29) is 5.60 Å². The van der Waals surface area contributed by atoms with Gasteiger partial charge in [-0.05, 0) is 38.6 Å². The number of nitrogens with zero attached hydrogens (tertiary/aromatic N) is 3. The highest BCUT2D eigenvalue weighted by atomic mass is 16.5. The number of likely N-dealkylation sites (tertiary alicyclic amines) is 1. The van der Waals surface area contributed by atoms with Crippen LogP contribution < -0.4 is 0 Å². The molecule has 2 fully saturated rings. The number of aromatic nitrogens is 1. The summed E-state index contributed by atoms with van der Waals surface area (Å²) >= 11 is 0. The molecule has 0 aliphatic carbocycles.